The van der Waals surface area contributed by atoms with E-state index in [2.05, 4.69) is 4.98 Å². The zero-order valence-corrected chi connectivity index (χ0v) is 8.78. The fraction of sp³-hybridized carbons (Fsp3) is 0.200. The van der Waals surface area contributed by atoms with Crippen molar-refractivity contribution in [2.24, 2.45) is 5.73 Å². The predicted octanol–water partition coefficient (Wildman–Crippen LogP) is 3.30. The maximum atomic E-state index is 12.7. The van der Waals surface area contributed by atoms with Crippen LogP contribution in [0.4, 0.5) is 13.2 Å². The van der Waals surface area contributed by atoms with E-state index in [4.69, 9.17) is 17.3 Å². The minimum absolute atomic E-state index is 0.0463. The Balaban J connectivity index is 2.77. The van der Waals surface area contributed by atoms with Crippen molar-refractivity contribution in [2.75, 3.05) is 0 Å². The lowest BCUT2D eigenvalue weighted by Crippen LogP contribution is -2.11. The van der Waals surface area contributed by atoms with E-state index in [1.54, 1.807) is 0 Å². The van der Waals surface area contributed by atoms with Crippen molar-refractivity contribution in [3.63, 3.8) is 0 Å². The number of halogens is 4. The zero-order valence-electron chi connectivity index (χ0n) is 8.03. The maximum Gasteiger partial charge on any atom is 0.431 e. The normalized spacial score (nSPS) is 12.3. The van der Waals surface area contributed by atoms with Crippen LogP contribution in [-0.4, -0.2) is 4.98 Å². The number of H-pyrrole nitrogens is 1. The second-order valence-corrected chi connectivity index (χ2v) is 3.81. The van der Waals surface area contributed by atoms with Gasteiger partial charge in [-0.25, -0.2) is 0 Å². The van der Waals surface area contributed by atoms with Crippen LogP contribution in [0.1, 0.15) is 11.3 Å². The molecular weight excluding hydrogens is 241 g/mol. The van der Waals surface area contributed by atoms with Crippen molar-refractivity contribution in [3.05, 3.63) is 34.5 Å². The molecule has 6 heteroatoms. The van der Waals surface area contributed by atoms with Crippen LogP contribution in [0.2, 0.25) is 5.02 Å². The monoisotopic (exact) mass is 248 g/mol. The molecule has 0 unspecified atom stereocenters. The second kappa shape index (κ2) is 3.68. The van der Waals surface area contributed by atoms with E-state index in [9.17, 15) is 13.2 Å². The Hall–Kier alpha value is -1.20. The van der Waals surface area contributed by atoms with Gasteiger partial charge in [-0.2, -0.15) is 13.2 Å². The largest absolute Gasteiger partial charge is 0.431 e. The van der Waals surface area contributed by atoms with E-state index < -0.39 is 11.9 Å². The van der Waals surface area contributed by atoms with Gasteiger partial charge in [-0.15, -0.1) is 0 Å². The number of fused-ring (bicyclic) bond motifs is 1. The highest BCUT2D eigenvalue weighted by atomic mass is 35.5. The molecule has 0 bridgehead atoms. The number of benzene rings is 1. The lowest BCUT2D eigenvalue weighted by molar-refractivity contribution is -0.141. The molecule has 0 spiro atoms. The van der Waals surface area contributed by atoms with Crippen molar-refractivity contribution in [1.82, 2.24) is 4.98 Å². The van der Waals surface area contributed by atoms with Gasteiger partial charge in [0, 0.05) is 28.0 Å². The number of hydrogen-bond acceptors (Lipinski definition) is 1. The molecule has 3 N–H and O–H groups in total. The van der Waals surface area contributed by atoms with Gasteiger partial charge >= 0.3 is 6.18 Å². The van der Waals surface area contributed by atoms with Gasteiger partial charge in [0.05, 0.1) is 0 Å². The summed E-state index contributed by atoms with van der Waals surface area (Å²) in [5.41, 5.74) is 4.98. The SMILES string of the molecule is NCc1c(C(F)(F)F)[nH]c2ccc(Cl)cc12. The Morgan fingerprint density at radius 1 is 1.31 bits per heavy atom. The molecule has 0 aliphatic carbocycles. The first-order chi connectivity index (χ1) is 7.43. The van der Waals surface area contributed by atoms with Crippen molar-refractivity contribution < 1.29 is 13.2 Å². The van der Waals surface area contributed by atoms with Gasteiger partial charge in [-0.1, -0.05) is 11.6 Å². The van der Waals surface area contributed by atoms with E-state index in [0.29, 0.717) is 15.9 Å². The van der Waals surface area contributed by atoms with Gasteiger partial charge in [-0.05, 0) is 18.2 Å². The fourth-order valence-electron chi connectivity index (χ4n) is 1.67. The van der Waals surface area contributed by atoms with Crippen LogP contribution in [0.15, 0.2) is 18.2 Å². The Morgan fingerprint density at radius 2 is 2.00 bits per heavy atom. The smallest absolute Gasteiger partial charge is 0.351 e. The van der Waals surface area contributed by atoms with Crippen molar-refractivity contribution >= 4 is 22.5 Å². The number of hydrogen-bond donors (Lipinski definition) is 2. The van der Waals surface area contributed by atoms with Gasteiger partial charge in [-0.3, -0.25) is 0 Å². The number of nitrogens with one attached hydrogen (secondary N) is 1. The zero-order chi connectivity index (χ0) is 11.9. The third-order valence-corrected chi connectivity index (χ3v) is 2.59. The van der Waals surface area contributed by atoms with Gasteiger partial charge < -0.3 is 10.7 Å². The molecule has 16 heavy (non-hydrogen) atoms. The summed E-state index contributed by atoms with van der Waals surface area (Å²) in [6, 6.07) is 4.51. The van der Waals surface area contributed by atoms with E-state index in [1.807, 2.05) is 0 Å². The first-order valence-corrected chi connectivity index (χ1v) is 4.88. The van der Waals surface area contributed by atoms with E-state index in [0.717, 1.165) is 0 Å². The number of rotatable bonds is 1. The summed E-state index contributed by atoms with van der Waals surface area (Å²) in [6.07, 6.45) is -4.43. The first-order valence-electron chi connectivity index (χ1n) is 4.51. The molecule has 0 radical (unpaired) electrons. The predicted molar refractivity (Wildman–Crippen MR) is 56.2 cm³/mol. The molecule has 0 atom stereocenters. The minimum Gasteiger partial charge on any atom is -0.351 e. The van der Waals surface area contributed by atoms with Crippen LogP contribution in [0.25, 0.3) is 10.9 Å². The molecule has 0 saturated heterocycles. The average Bonchev–Trinajstić information content (AvgIpc) is 2.54. The highest BCUT2D eigenvalue weighted by Gasteiger charge is 2.35. The summed E-state index contributed by atoms with van der Waals surface area (Å²) in [5.74, 6) is 0. The third-order valence-electron chi connectivity index (χ3n) is 2.36. The standard InChI is InChI=1S/C10H8ClF3N2/c11-5-1-2-8-6(3-5)7(4-15)9(16-8)10(12,13)14/h1-3,16H,4,15H2. The Kier molecular flexibility index (Phi) is 2.59. The summed E-state index contributed by atoms with van der Waals surface area (Å²) >= 11 is 5.74. The fourth-order valence-corrected chi connectivity index (χ4v) is 1.85. The van der Waals surface area contributed by atoms with Crippen LogP contribution >= 0.6 is 11.6 Å². The molecule has 2 nitrogen and oxygen atoms in total. The van der Waals surface area contributed by atoms with Crippen molar-refractivity contribution in [1.29, 1.82) is 0 Å². The highest BCUT2D eigenvalue weighted by molar-refractivity contribution is 6.31. The van der Waals surface area contributed by atoms with Gasteiger partial charge in [0.1, 0.15) is 5.69 Å². The molecule has 1 heterocycles. The van der Waals surface area contributed by atoms with Gasteiger partial charge in [0.25, 0.3) is 0 Å². The summed E-state index contributed by atoms with van der Waals surface area (Å²) in [6.45, 7) is -0.185. The number of alkyl halides is 3. The average molecular weight is 249 g/mol. The molecule has 1 aromatic carbocycles. The lowest BCUT2D eigenvalue weighted by Gasteiger charge is -2.05. The summed E-state index contributed by atoms with van der Waals surface area (Å²) in [4.78, 5) is 2.32. The summed E-state index contributed by atoms with van der Waals surface area (Å²) in [5, 5.41) is 0.803. The molecule has 0 saturated carbocycles. The van der Waals surface area contributed by atoms with Crippen LogP contribution in [0.3, 0.4) is 0 Å². The first kappa shape index (κ1) is 11.3. The molecule has 0 aliphatic heterocycles. The van der Waals surface area contributed by atoms with Gasteiger partial charge in [0.2, 0.25) is 0 Å². The van der Waals surface area contributed by atoms with Crippen LogP contribution in [0.5, 0.6) is 0 Å². The Labute approximate surface area is 94.2 Å². The quantitative estimate of drug-likeness (QED) is 0.799. The summed E-state index contributed by atoms with van der Waals surface area (Å²) in [7, 11) is 0. The topological polar surface area (TPSA) is 41.8 Å². The molecule has 1 aromatic heterocycles. The molecule has 86 valence electrons. The summed E-state index contributed by atoms with van der Waals surface area (Å²) < 4.78 is 38.0. The third kappa shape index (κ3) is 1.76. The highest BCUT2D eigenvalue weighted by Crippen LogP contribution is 2.35. The van der Waals surface area contributed by atoms with Crippen LogP contribution < -0.4 is 5.73 Å². The molecule has 0 fully saturated rings. The molecular formula is C10H8ClF3N2. The number of aromatic amines is 1. The van der Waals surface area contributed by atoms with E-state index in [-0.39, 0.29) is 12.1 Å². The maximum absolute atomic E-state index is 12.7. The Bertz CT molecular complexity index is 531. The number of aromatic nitrogens is 1. The van der Waals surface area contributed by atoms with Crippen LogP contribution in [-0.2, 0) is 12.7 Å². The second-order valence-electron chi connectivity index (χ2n) is 3.37. The van der Waals surface area contributed by atoms with Gasteiger partial charge in [0.15, 0.2) is 0 Å². The van der Waals surface area contributed by atoms with E-state index >= 15 is 0 Å². The van der Waals surface area contributed by atoms with Crippen LogP contribution in [0, 0.1) is 0 Å². The Morgan fingerprint density at radius 3 is 2.56 bits per heavy atom. The lowest BCUT2D eigenvalue weighted by atomic mass is 10.1. The minimum atomic E-state index is -4.43. The molecule has 0 aliphatic rings. The number of nitrogens with two attached hydrogens (primary N) is 1. The molecule has 0 amide bonds. The van der Waals surface area contributed by atoms with Crippen molar-refractivity contribution in [3.8, 4) is 0 Å². The molecule has 2 rings (SSSR count). The van der Waals surface area contributed by atoms with E-state index in [1.165, 1.54) is 18.2 Å². The van der Waals surface area contributed by atoms with Crippen molar-refractivity contribution in [2.45, 2.75) is 12.7 Å². The molecule has 2 aromatic rings.